The SMILES string of the molecule is CC1(O)CCN(c2cccc(Br)c2CN)CC1. The molecule has 1 heterocycles. The van der Waals surface area contributed by atoms with Gasteiger partial charge in [-0.3, -0.25) is 0 Å². The van der Waals surface area contributed by atoms with Crippen LogP contribution in [-0.2, 0) is 6.54 Å². The van der Waals surface area contributed by atoms with E-state index in [1.54, 1.807) is 0 Å². The highest BCUT2D eigenvalue weighted by atomic mass is 79.9. The average Bonchev–Trinajstić information content (AvgIpc) is 2.29. The Kier molecular flexibility index (Phi) is 3.76. The maximum Gasteiger partial charge on any atom is 0.0653 e. The van der Waals surface area contributed by atoms with Gasteiger partial charge in [-0.05, 0) is 31.9 Å². The van der Waals surface area contributed by atoms with Crippen molar-refractivity contribution < 1.29 is 5.11 Å². The molecule has 0 saturated carbocycles. The van der Waals surface area contributed by atoms with E-state index in [1.165, 1.54) is 5.69 Å². The van der Waals surface area contributed by atoms with Crippen LogP contribution >= 0.6 is 15.9 Å². The minimum atomic E-state index is -0.509. The van der Waals surface area contributed by atoms with E-state index < -0.39 is 5.60 Å². The number of aliphatic hydroxyl groups is 1. The summed E-state index contributed by atoms with van der Waals surface area (Å²) >= 11 is 3.54. The molecule has 1 saturated heterocycles. The van der Waals surface area contributed by atoms with Crippen molar-refractivity contribution in [3.63, 3.8) is 0 Å². The quantitative estimate of drug-likeness (QED) is 0.880. The summed E-state index contributed by atoms with van der Waals surface area (Å²) in [4.78, 5) is 2.31. The molecular formula is C13H19BrN2O. The van der Waals surface area contributed by atoms with Gasteiger partial charge in [-0.25, -0.2) is 0 Å². The molecule has 0 aliphatic carbocycles. The molecule has 1 aromatic rings. The van der Waals surface area contributed by atoms with Crippen molar-refractivity contribution in [2.45, 2.75) is 31.9 Å². The second kappa shape index (κ2) is 4.96. The molecule has 0 amide bonds. The Balaban J connectivity index is 2.21. The van der Waals surface area contributed by atoms with Gasteiger partial charge in [-0.1, -0.05) is 22.0 Å². The maximum atomic E-state index is 9.96. The summed E-state index contributed by atoms with van der Waals surface area (Å²) in [6.07, 6.45) is 1.62. The summed E-state index contributed by atoms with van der Waals surface area (Å²) in [5.41, 5.74) is 7.64. The molecule has 0 aromatic heterocycles. The number of piperidine rings is 1. The number of hydrogen-bond donors (Lipinski definition) is 2. The minimum absolute atomic E-state index is 0.509. The molecule has 3 nitrogen and oxygen atoms in total. The van der Waals surface area contributed by atoms with Crippen LogP contribution in [0.2, 0.25) is 0 Å². The lowest BCUT2D eigenvalue weighted by molar-refractivity contribution is 0.0351. The maximum absolute atomic E-state index is 9.96. The Morgan fingerprint density at radius 2 is 2.06 bits per heavy atom. The smallest absolute Gasteiger partial charge is 0.0653 e. The Morgan fingerprint density at radius 1 is 1.41 bits per heavy atom. The minimum Gasteiger partial charge on any atom is -0.390 e. The summed E-state index contributed by atoms with van der Waals surface area (Å²) in [6.45, 7) is 4.21. The van der Waals surface area contributed by atoms with Crippen molar-refractivity contribution in [3.05, 3.63) is 28.2 Å². The number of halogens is 1. The van der Waals surface area contributed by atoms with Crippen molar-refractivity contribution in [1.82, 2.24) is 0 Å². The number of nitrogens with two attached hydrogens (primary N) is 1. The third-order valence-electron chi connectivity index (χ3n) is 3.48. The molecule has 0 atom stereocenters. The zero-order valence-corrected chi connectivity index (χ0v) is 11.7. The fourth-order valence-corrected chi connectivity index (χ4v) is 2.79. The molecule has 0 bridgehead atoms. The lowest BCUT2D eigenvalue weighted by Crippen LogP contribution is -2.42. The van der Waals surface area contributed by atoms with Gasteiger partial charge in [0.2, 0.25) is 0 Å². The first-order valence-corrected chi connectivity index (χ1v) is 6.77. The Hall–Kier alpha value is -0.580. The summed E-state index contributed by atoms with van der Waals surface area (Å²) in [5.74, 6) is 0. The van der Waals surface area contributed by atoms with Gasteiger partial charge in [-0.15, -0.1) is 0 Å². The zero-order valence-electron chi connectivity index (χ0n) is 10.1. The number of benzene rings is 1. The Morgan fingerprint density at radius 3 is 2.65 bits per heavy atom. The number of rotatable bonds is 2. The van der Waals surface area contributed by atoms with Crippen LogP contribution in [0.1, 0.15) is 25.3 Å². The van der Waals surface area contributed by atoms with Crippen molar-refractivity contribution in [3.8, 4) is 0 Å². The standard InChI is InChI=1S/C13H19BrN2O/c1-13(17)5-7-16(8-6-13)12-4-2-3-11(14)10(12)9-15/h2-4,17H,5-9,15H2,1H3. The first kappa shape index (κ1) is 12.9. The van der Waals surface area contributed by atoms with E-state index in [2.05, 4.69) is 26.9 Å². The molecule has 0 radical (unpaired) electrons. The van der Waals surface area contributed by atoms with Crippen molar-refractivity contribution in [2.75, 3.05) is 18.0 Å². The van der Waals surface area contributed by atoms with Gasteiger partial charge >= 0.3 is 0 Å². The lowest BCUT2D eigenvalue weighted by atomic mass is 9.93. The third kappa shape index (κ3) is 2.81. The van der Waals surface area contributed by atoms with Gasteiger partial charge in [0.25, 0.3) is 0 Å². The summed E-state index contributed by atoms with van der Waals surface area (Å²) in [6, 6.07) is 6.16. The normalized spacial score (nSPS) is 19.4. The van der Waals surface area contributed by atoms with E-state index in [-0.39, 0.29) is 0 Å². The molecule has 1 fully saturated rings. The average molecular weight is 299 g/mol. The van der Waals surface area contributed by atoms with Crippen molar-refractivity contribution in [1.29, 1.82) is 0 Å². The molecule has 1 aliphatic rings. The number of hydrogen-bond acceptors (Lipinski definition) is 3. The van der Waals surface area contributed by atoms with Gasteiger partial charge in [0, 0.05) is 35.4 Å². The molecule has 17 heavy (non-hydrogen) atoms. The highest BCUT2D eigenvalue weighted by molar-refractivity contribution is 9.10. The van der Waals surface area contributed by atoms with E-state index >= 15 is 0 Å². The van der Waals surface area contributed by atoms with E-state index in [4.69, 9.17) is 5.73 Å². The van der Waals surface area contributed by atoms with E-state index in [0.717, 1.165) is 36.0 Å². The van der Waals surface area contributed by atoms with Crippen molar-refractivity contribution >= 4 is 21.6 Å². The van der Waals surface area contributed by atoms with Crippen LogP contribution in [-0.4, -0.2) is 23.8 Å². The van der Waals surface area contributed by atoms with Crippen LogP contribution in [0.4, 0.5) is 5.69 Å². The third-order valence-corrected chi connectivity index (χ3v) is 4.22. The van der Waals surface area contributed by atoms with Gasteiger partial charge in [0.15, 0.2) is 0 Å². The fourth-order valence-electron chi connectivity index (χ4n) is 2.27. The first-order valence-electron chi connectivity index (χ1n) is 5.98. The largest absolute Gasteiger partial charge is 0.390 e. The van der Waals surface area contributed by atoms with Crippen LogP contribution in [0.3, 0.4) is 0 Å². The highest BCUT2D eigenvalue weighted by Crippen LogP contribution is 2.31. The molecule has 1 aromatic carbocycles. The molecule has 0 unspecified atom stereocenters. The molecule has 0 spiro atoms. The van der Waals surface area contributed by atoms with Crippen LogP contribution in [0, 0.1) is 0 Å². The predicted octanol–water partition coefficient (Wildman–Crippen LogP) is 2.26. The van der Waals surface area contributed by atoms with Crippen LogP contribution in [0.15, 0.2) is 22.7 Å². The Bertz CT molecular complexity index is 396. The monoisotopic (exact) mass is 298 g/mol. The Labute approximate surface area is 111 Å². The predicted molar refractivity (Wildman–Crippen MR) is 74.1 cm³/mol. The van der Waals surface area contributed by atoms with Crippen LogP contribution in [0.25, 0.3) is 0 Å². The van der Waals surface area contributed by atoms with Crippen molar-refractivity contribution in [2.24, 2.45) is 5.73 Å². The van der Waals surface area contributed by atoms with E-state index in [0.29, 0.717) is 6.54 Å². The molecule has 1 aliphatic heterocycles. The lowest BCUT2D eigenvalue weighted by Gasteiger charge is -2.38. The molecule has 2 rings (SSSR count). The number of nitrogens with zero attached hydrogens (tertiary/aromatic N) is 1. The van der Waals surface area contributed by atoms with Gasteiger partial charge in [-0.2, -0.15) is 0 Å². The second-order valence-corrected chi connectivity index (χ2v) is 5.78. The molecular weight excluding hydrogens is 280 g/mol. The topological polar surface area (TPSA) is 49.5 Å². The summed E-state index contributed by atoms with van der Waals surface area (Å²) in [5, 5.41) is 9.96. The fraction of sp³-hybridized carbons (Fsp3) is 0.538. The summed E-state index contributed by atoms with van der Waals surface area (Å²) < 4.78 is 1.06. The first-order chi connectivity index (χ1) is 8.03. The van der Waals surface area contributed by atoms with E-state index in [9.17, 15) is 5.11 Å². The molecule has 94 valence electrons. The van der Waals surface area contributed by atoms with Crippen LogP contribution in [0.5, 0.6) is 0 Å². The van der Waals surface area contributed by atoms with Gasteiger partial charge in [0.1, 0.15) is 0 Å². The van der Waals surface area contributed by atoms with Crippen LogP contribution < -0.4 is 10.6 Å². The molecule has 4 heteroatoms. The summed E-state index contributed by atoms with van der Waals surface area (Å²) in [7, 11) is 0. The van der Waals surface area contributed by atoms with Gasteiger partial charge < -0.3 is 15.7 Å². The molecule has 3 N–H and O–H groups in total. The highest BCUT2D eigenvalue weighted by Gasteiger charge is 2.28. The van der Waals surface area contributed by atoms with Gasteiger partial charge in [0.05, 0.1) is 5.60 Å². The second-order valence-electron chi connectivity index (χ2n) is 4.93. The van der Waals surface area contributed by atoms with E-state index in [1.807, 2.05) is 19.1 Å². The number of anilines is 1. The zero-order chi connectivity index (χ0) is 12.5.